The normalized spacial score (nSPS) is 11.1. The number of phenolic OH excluding ortho intramolecular Hbond substituents is 1. The van der Waals surface area contributed by atoms with E-state index in [1.54, 1.807) is 12.1 Å². The quantitative estimate of drug-likeness (QED) is 0.748. The molecule has 3 rings (SSSR count). The molecule has 3 aromatic rings. The van der Waals surface area contributed by atoms with Gasteiger partial charge in [0.2, 0.25) is 0 Å². The van der Waals surface area contributed by atoms with Crippen molar-refractivity contribution in [1.82, 2.24) is 9.72 Å². The molecule has 0 bridgehead atoms. The summed E-state index contributed by atoms with van der Waals surface area (Å²) >= 11 is 0. The van der Waals surface area contributed by atoms with E-state index in [-0.39, 0.29) is 17.1 Å². The minimum Gasteiger partial charge on any atom is -0.507 e. The summed E-state index contributed by atoms with van der Waals surface area (Å²) in [6.45, 7) is 1.84. The molecule has 0 amide bonds. The van der Waals surface area contributed by atoms with Crippen LogP contribution in [-0.2, 0) is 7.05 Å². The van der Waals surface area contributed by atoms with Crippen LogP contribution in [0.3, 0.4) is 0 Å². The van der Waals surface area contributed by atoms with Crippen LogP contribution < -0.4 is 0 Å². The Balaban J connectivity index is 2.45. The van der Waals surface area contributed by atoms with Gasteiger partial charge in [-0.25, -0.2) is 4.79 Å². The number of nitrogens with zero attached hydrogens (tertiary/aromatic N) is 2. The Labute approximate surface area is 113 Å². The van der Waals surface area contributed by atoms with Crippen molar-refractivity contribution >= 4 is 16.9 Å². The Morgan fingerprint density at radius 2 is 2.15 bits per heavy atom. The molecule has 2 N–H and O–H groups in total. The summed E-state index contributed by atoms with van der Waals surface area (Å²) in [6, 6.07) is 5.14. The molecule has 2 aromatic heterocycles. The maximum atomic E-state index is 11.2. The number of hydrogen-bond donors (Lipinski definition) is 2. The first-order valence-electron chi connectivity index (χ1n) is 5.97. The predicted molar refractivity (Wildman–Crippen MR) is 71.8 cm³/mol. The van der Waals surface area contributed by atoms with E-state index in [0.29, 0.717) is 10.9 Å². The van der Waals surface area contributed by atoms with E-state index >= 15 is 0 Å². The van der Waals surface area contributed by atoms with Crippen LogP contribution in [0.5, 0.6) is 5.75 Å². The molecule has 0 radical (unpaired) electrons. The summed E-state index contributed by atoms with van der Waals surface area (Å²) in [6.07, 6.45) is 1.16. The third-order valence-electron chi connectivity index (χ3n) is 3.52. The predicted octanol–water partition coefficient (Wildman–Crippen LogP) is 2.55. The Morgan fingerprint density at radius 3 is 2.85 bits per heavy atom. The van der Waals surface area contributed by atoms with Crippen LogP contribution >= 0.6 is 0 Å². The van der Waals surface area contributed by atoms with Crippen LogP contribution in [0.25, 0.3) is 22.2 Å². The zero-order valence-electron chi connectivity index (χ0n) is 10.9. The molecule has 0 saturated heterocycles. The molecular weight excluding hydrogens is 260 g/mol. The smallest absolute Gasteiger partial charge is 0.341 e. The van der Waals surface area contributed by atoms with E-state index in [0.717, 1.165) is 17.4 Å². The number of benzene rings is 1. The number of carboxylic acids is 1. The molecular formula is C14H12N2O4. The number of aromatic carboxylic acids is 1. The third-order valence-corrected chi connectivity index (χ3v) is 3.52. The van der Waals surface area contributed by atoms with Gasteiger partial charge in [0, 0.05) is 12.7 Å². The van der Waals surface area contributed by atoms with Crippen molar-refractivity contribution in [3.05, 3.63) is 35.7 Å². The number of carboxylic acid groups (broad SMARTS) is 1. The van der Waals surface area contributed by atoms with Crippen LogP contribution in [-0.4, -0.2) is 25.9 Å². The van der Waals surface area contributed by atoms with E-state index in [1.165, 1.54) is 0 Å². The van der Waals surface area contributed by atoms with Crippen LogP contribution in [0.15, 0.2) is 28.9 Å². The lowest BCUT2D eigenvalue weighted by Crippen LogP contribution is -1.97. The van der Waals surface area contributed by atoms with E-state index in [2.05, 4.69) is 5.16 Å². The molecule has 6 heteroatoms. The van der Waals surface area contributed by atoms with E-state index in [4.69, 9.17) is 4.52 Å². The Bertz CT molecular complexity index is 829. The number of aromatic nitrogens is 2. The molecule has 20 heavy (non-hydrogen) atoms. The van der Waals surface area contributed by atoms with Gasteiger partial charge >= 0.3 is 5.97 Å². The topological polar surface area (TPSA) is 88.5 Å². The highest BCUT2D eigenvalue weighted by atomic mass is 16.5. The molecule has 0 aliphatic rings. The zero-order valence-corrected chi connectivity index (χ0v) is 10.9. The lowest BCUT2D eigenvalue weighted by molar-refractivity contribution is 0.0697. The average molecular weight is 272 g/mol. The number of rotatable bonds is 2. The van der Waals surface area contributed by atoms with Crippen molar-refractivity contribution in [3.8, 4) is 17.1 Å². The van der Waals surface area contributed by atoms with E-state index < -0.39 is 5.97 Å². The minimum atomic E-state index is -1.12. The number of aryl methyl sites for hydroxylation is 1. The number of fused-ring (bicyclic) bond motifs is 1. The monoisotopic (exact) mass is 272 g/mol. The fraction of sp³-hybridized carbons (Fsp3) is 0.143. The second-order valence-corrected chi connectivity index (χ2v) is 4.56. The number of hydrogen-bond acceptors (Lipinski definition) is 4. The molecule has 102 valence electrons. The van der Waals surface area contributed by atoms with Gasteiger partial charge in [0.1, 0.15) is 11.3 Å². The van der Waals surface area contributed by atoms with Gasteiger partial charge in [0.25, 0.3) is 0 Å². The molecule has 0 fully saturated rings. The second-order valence-electron chi connectivity index (χ2n) is 4.56. The van der Waals surface area contributed by atoms with Gasteiger partial charge in [-0.15, -0.1) is 0 Å². The third kappa shape index (κ3) is 1.51. The van der Waals surface area contributed by atoms with Crippen molar-refractivity contribution in [3.63, 3.8) is 0 Å². The lowest BCUT2D eigenvalue weighted by atomic mass is 10.0. The number of carbonyl (C=O) groups is 1. The molecule has 6 nitrogen and oxygen atoms in total. The summed E-state index contributed by atoms with van der Waals surface area (Å²) in [4.78, 5) is 11.2. The number of aromatic hydroxyl groups is 1. The first kappa shape index (κ1) is 12.3. The summed E-state index contributed by atoms with van der Waals surface area (Å²) < 4.78 is 6.99. The van der Waals surface area contributed by atoms with Crippen LogP contribution in [0.1, 0.15) is 16.1 Å². The van der Waals surface area contributed by atoms with Gasteiger partial charge in [-0.1, -0.05) is 11.2 Å². The Morgan fingerprint density at radius 1 is 1.40 bits per heavy atom. The van der Waals surface area contributed by atoms with Crippen molar-refractivity contribution in [1.29, 1.82) is 0 Å². The van der Waals surface area contributed by atoms with Gasteiger partial charge < -0.3 is 19.3 Å². The SMILES string of the molecule is Cc1c(-c2oncc2C(=O)O)c2c(O)cccc2n1C. The Hall–Kier alpha value is -2.76. The van der Waals surface area contributed by atoms with Gasteiger partial charge in [0.15, 0.2) is 5.76 Å². The fourth-order valence-electron chi connectivity index (χ4n) is 2.44. The standard InChI is InChI=1S/C14H12N2O4/c1-7-11(13-8(14(18)19)6-15-20-13)12-9(16(7)2)4-3-5-10(12)17/h3-6,17H,1-2H3,(H,18,19). The summed E-state index contributed by atoms with van der Waals surface area (Å²) in [5, 5.41) is 23.4. The van der Waals surface area contributed by atoms with Gasteiger partial charge in [-0.2, -0.15) is 0 Å². The van der Waals surface area contributed by atoms with Crippen LogP contribution in [0, 0.1) is 6.92 Å². The molecule has 0 atom stereocenters. The second kappa shape index (κ2) is 4.12. The first-order valence-corrected chi connectivity index (χ1v) is 5.97. The van der Waals surface area contributed by atoms with Crippen LogP contribution in [0.4, 0.5) is 0 Å². The highest BCUT2D eigenvalue weighted by Crippen LogP contribution is 2.40. The van der Waals surface area contributed by atoms with Crippen molar-refractivity contribution < 1.29 is 19.5 Å². The van der Waals surface area contributed by atoms with Gasteiger partial charge in [0.05, 0.1) is 22.7 Å². The maximum Gasteiger partial charge on any atom is 0.341 e. The van der Waals surface area contributed by atoms with Gasteiger partial charge in [-0.05, 0) is 19.1 Å². The van der Waals surface area contributed by atoms with Crippen LogP contribution in [0.2, 0.25) is 0 Å². The van der Waals surface area contributed by atoms with Crippen molar-refractivity contribution in [2.75, 3.05) is 0 Å². The molecule has 0 unspecified atom stereocenters. The van der Waals surface area contributed by atoms with E-state index in [1.807, 2.05) is 24.6 Å². The molecule has 0 aliphatic carbocycles. The molecule has 0 aliphatic heterocycles. The minimum absolute atomic E-state index is 0.0242. The summed E-state index contributed by atoms with van der Waals surface area (Å²) in [7, 11) is 1.84. The van der Waals surface area contributed by atoms with Gasteiger partial charge in [-0.3, -0.25) is 0 Å². The molecule has 0 saturated carbocycles. The highest BCUT2D eigenvalue weighted by molar-refractivity contribution is 6.05. The number of phenols is 1. The molecule has 1 aromatic carbocycles. The van der Waals surface area contributed by atoms with Crippen molar-refractivity contribution in [2.45, 2.75) is 6.92 Å². The zero-order chi connectivity index (χ0) is 14.4. The summed E-state index contributed by atoms with van der Waals surface area (Å²) in [5.74, 6) is -0.885. The largest absolute Gasteiger partial charge is 0.507 e. The lowest BCUT2D eigenvalue weighted by Gasteiger charge is -2.00. The van der Waals surface area contributed by atoms with E-state index in [9.17, 15) is 15.0 Å². The highest BCUT2D eigenvalue weighted by Gasteiger charge is 2.24. The Kier molecular flexibility index (Phi) is 2.53. The molecule has 2 heterocycles. The maximum absolute atomic E-state index is 11.2. The van der Waals surface area contributed by atoms with Crippen molar-refractivity contribution in [2.24, 2.45) is 7.05 Å². The molecule has 0 spiro atoms. The fourth-order valence-corrected chi connectivity index (χ4v) is 2.44. The average Bonchev–Trinajstić information content (AvgIpc) is 2.97. The summed E-state index contributed by atoms with van der Waals surface area (Å²) in [5.41, 5.74) is 2.12. The first-order chi connectivity index (χ1) is 9.52.